The molecule has 1 amide bonds. The van der Waals surface area contributed by atoms with Crippen LogP contribution in [0.4, 0.5) is 5.82 Å². The molecule has 0 radical (unpaired) electrons. The van der Waals surface area contributed by atoms with Crippen LogP contribution in [-0.4, -0.2) is 48.9 Å². The number of aromatic nitrogens is 1. The molecular formula is C18H21N3O6S. The van der Waals surface area contributed by atoms with Gasteiger partial charge in [0.2, 0.25) is 10.0 Å². The Kier molecular flexibility index (Phi) is 5.80. The second-order valence-electron chi connectivity index (χ2n) is 6.57. The van der Waals surface area contributed by atoms with Crippen LogP contribution in [0.25, 0.3) is 0 Å². The maximum atomic E-state index is 12.9. The minimum Gasteiger partial charge on any atom is -0.454 e. The van der Waals surface area contributed by atoms with Gasteiger partial charge < -0.3 is 14.6 Å². The molecule has 1 fully saturated rings. The average molecular weight is 407 g/mol. The molecule has 0 spiro atoms. The molecule has 2 aromatic rings. The molecule has 3 rings (SSSR count). The predicted molar refractivity (Wildman–Crippen MR) is 98.9 cm³/mol. The molecule has 1 aliphatic heterocycles. The molecule has 1 saturated heterocycles. The number of rotatable bonds is 6. The molecule has 1 aromatic heterocycles. The first-order valence-electron chi connectivity index (χ1n) is 8.76. The summed E-state index contributed by atoms with van der Waals surface area (Å²) in [7, 11) is -3.82. The lowest BCUT2D eigenvalue weighted by Crippen LogP contribution is -2.42. The SMILES string of the molecule is Cc1ccc(S(=O)(=O)N2CCCC2C(=O)OCC(=O)Nc2cc(C)on2)cc1. The number of anilines is 1. The fraction of sp³-hybridized carbons (Fsp3) is 0.389. The highest BCUT2D eigenvalue weighted by Crippen LogP contribution is 2.27. The third-order valence-corrected chi connectivity index (χ3v) is 6.27. The molecule has 1 aliphatic rings. The maximum Gasteiger partial charge on any atom is 0.324 e. The number of aryl methyl sites for hydroxylation is 2. The minimum atomic E-state index is -3.82. The largest absolute Gasteiger partial charge is 0.454 e. The summed E-state index contributed by atoms with van der Waals surface area (Å²) in [5, 5.41) is 6.04. The molecule has 0 aliphatic carbocycles. The van der Waals surface area contributed by atoms with Crippen molar-refractivity contribution >= 4 is 27.7 Å². The molecule has 1 atom stereocenters. The van der Waals surface area contributed by atoms with Gasteiger partial charge in [-0.25, -0.2) is 8.42 Å². The van der Waals surface area contributed by atoms with Crippen LogP contribution in [-0.2, 0) is 24.3 Å². The summed E-state index contributed by atoms with van der Waals surface area (Å²) in [6.45, 7) is 3.21. The Labute approximate surface area is 162 Å². The molecule has 9 nitrogen and oxygen atoms in total. The molecule has 0 saturated carbocycles. The number of amides is 1. The van der Waals surface area contributed by atoms with E-state index in [1.54, 1.807) is 19.1 Å². The number of nitrogens with zero attached hydrogens (tertiary/aromatic N) is 2. The van der Waals surface area contributed by atoms with Crippen LogP contribution < -0.4 is 5.32 Å². The van der Waals surface area contributed by atoms with Gasteiger partial charge in [-0.2, -0.15) is 4.31 Å². The number of hydrogen-bond acceptors (Lipinski definition) is 7. The van der Waals surface area contributed by atoms with E-state index in [1.807, 2.05) is 6.92 Å². The number of ether oxygens (including phenoxy) is 1. The van der Waals surface area contributed by atoms with Crippen molar-refractivity contribution in [1.82, 2.24) is 9.46 Å². The van der Waals surface area contributed by atoms with Crippen LogP contribution in [0.2, 0.25) is 0 Å². The van der Waals surface area contributed by atoms with E-state index in [4.69, 9.17) is 9.26 Å². The van der Waals surface area contributed by atoms with Gasteiger partial charge in [0.05, 0.1) is 4.90 Å². The topological polar surface area (TPSA) is 119 Å². The number of nitrogens with one attached hydrogen (secondary N) is 1. The predicted octanol–water partition coefficient (Wildman–Crippen LogP) is 1.63. The molecule has 0 bridgehead atoms. The van der Waals surface area contributed by atoms with Gasteiger partial charge in [-0.1, -0.05) is 22.9 Å². The lowest BCUT2D eigenvalue weighted by molar-refractivity contribution is -0.150. The van der Waals surface area contributed by atoms with Crippen molar-refractivity contribution in [1.29, 1.82) is 0 Å². The third kappa shape index (κ3) is 4.39. The molecule has 2 heterocycles. The number of carbonyl (C=O) groups excluding carboxylic acids is 2. The van der Waals surface area contributed by atoms with Gasteiger partial charge in [0.15, 0.2) is 12.4 Å². The van der Waals surface area contributed by atoms with Crippen molar-refractivity contribution in [2.24, 2.45) is 0 Å². The molecule has 1 aromatic carbocycles. The van der Waals surface area contributed by atoms with Crippen LogP contribution in [0.5, 0.6) is 0 Å². The lowest BCUT2D eigenvalue weighted by Gasteiger charge is -2.22. The maximum absolute atomic E-state index is 12.9. The quantitative estimate of drug-likeness (QED) is 0.723. The third-order valence-electron chi connectivity index (χ3n) is 4.34. The summed E-state index contributed by atoms with van der Waals surface area (Å²) in [4.78, 5) is 24.4. The van der Waals surface area contributed by atoms with Crippen LogP contribution in [0.3, 0.4) is 0 Å². The van der Waals surface area contributed by atoms with E-state index >= 15 is 0 Å². The fourth-order valence-electron chi connectivity index (χ4n) is 2.95. The molecular weight excluding hydrogens is 386 g/mol. The van der Waals surface area contributed by atoms with E-state index in [1.165, 1.54) is 18.2 Å². The van der Waals surface area contributed by atoms with Crippen LogP contribution in [0.15, 0.2) is 39.8 Å². The van der Waals surface area contributed by atoms with Crippen molar-refractivity contribution in [2.75, 3.05) is 18.5 Å². The summed E-state index contributed by atoms with van der Waals surface area (Å²) in [5.41, 5.74) is 0.935. The van der Waals surface area contributed by atoms with Crippen molar-refractivity contribution in [2.45, 2.75) is 37.6 Å². The van der Waals surface area contributed by atoms with Gasteiger partial charge in [-0.05, 0) is 38.8 Å². The second kappa shape index (κ2) is 8.11. The zero-order chi connectivity index (χ0) is 20.3. The Hall–Kier alpha value is -2.72. The average Bonchev–Trinajstić information content (AvgIpc) is 3.29. The zero-order valence-corrected chi connectivity index (χ0v) is 16.4. The Morgan fingerprint density at radius 2 is 2.00 bits per heavy atom. The number of hydrogen-bond donors (Lipinski definition) is 1. The van der Waals surface area contributed by atoms with Crippen molar-refractivity contribution in [3.63, 3.8) is 0 Å². The second-order valence-corrected chi connectivity index (χ2v) is 8.46. The zero-order valence-electron chi connectivity index (χ0n) is 15.5. The number of benzene rings is 1. The molecule has 28 heavy (non-hydrogen) atoms. The Morgan fingerprint density at radius 3 is 2.64 bits per heavy atom. The van der Waals surface area contributed by atoms with Crippen LogP contribution in [0.1, 0.15) is 24.2 Å². The Balaban J connectivity index is 1.62. The number of sulfonamides is 1. The van der Waals surface area contributed by atoms with Crippen molar-refractivity contribution in [3.8, 4) is 0 Å². The highest BCUT2D eigenvalue weighted by atomic mass is 32.2. The van der Waals surface area contributed by atoms with Gasteiger partial charge in [0.25, 0.3) is 5.91 Å². The molecule has 150 valence electrons. The first kappa shape index (κ1) is 20.0. The fourth-order valence-corrected chi connectivity index (χ4v) is 4.59. The van der Waals surface area contributed by atoms with Gasteiger partial charge in [-0.3, -0.25) is 9.59 Å². The van der Waals surface area contributed by atoms with E-state index in [-0.39, 0.29) is 17.3 Å². The van der Waals surface area contributed by atoms with E-state index < -0.39 is 34.5 Å². The summed E-state index contributed by atoms with van der Waals surface area (Å²) in [6, 6.07) is 7.00. The number of esters is 1. The highest BCUT2D eigenvalue weighted by molar-refractivity contribution is 7.89. The molecule has 1 unspecified atom stereocenters. The summed E-state index contributed by atoms with van der Waals surface area (Å²) >= 11 is 0. The first-order valence-corrected chi connectivity index (χ1v) is 10.2. The van der Waals surface area contributed by atoms with E-state index in [0.717, 1.165) is 9.87 Å². The lowest BCUT2D eigenvalue weighted by atomic mass is 10.2. The highest BCUT2D eigenvalue weighted by Gasteiger charge is 2.40. The van der Waals surface area contributed by atoms with E-state index in [9.17, 15) is 18.0 Å². The van der Waals surface area contributed by atoms with Gasteiger partial charge >= 0.3 is 5.97 Å². The van der Waals surface area contributed by atoms with Gasteiger partial charge in [-0.15, -0.1) is 0 Å². The van der Waals surface area contributed by atoms with Gasteiger partial charge in [0.1, 0.15) is 11.8 Å². The van der Waals surface area contributed by atoms with Crippen molar-refractivity contribution < 1.29 is 27.3 Å². The standard InChI is InChI=1S/C18H21N3O6S/c1-12-5-7-14(8-6-12)28(24,25)21-9-3-4-15(21)18(23)26-11-17(22)19-16-10-13(2)27-20-16/h5-8,10,15H,3-4,9,11H2,1-2H3,(H,19,20,22). The van der Waals surface area contributed by atoms with Crippen LogP contribution >= 0.6 is 0 Å². The first-order chi connectivity index (χ1) is 13.3. The van der Waals surface area contributed by atoms with Crippen molar-refractivity contribution in [3.05, 3.63) is 41.7 Å². The Bertz CT molecular complexity index is 967. The monoisotopic (exact) mass is 407 g/mol. The molecule has 1 N–H and O–H groups in total. The summed E-state index contributed by atoms with van der Waals surface area (Å²) in [5.74, 6) is -0.606. The number of carbonyl (C=O) groups is 2. The summed E-state index contributed by atoms with van der Waals surface area (Å²) < 4.78 is 36.7. The van der Waals surface area contributed by atoms with Crippen LogP contribution in [0, 0.1) is 13.8 Å². The Morgan fingerprint density at radius 1 is 1.29 bits per heavy atom. The summed E-state index contributed by atoms with van der Waals surface area (Å²) in [6.07, 6.45) is 0.878. The molecule has 10 heteroatoms. The smallest absolute Gasteiger partial charge is 0.324 e. The normalized spacial score (nSPS) is 17.4. The van der Waals surface area contributed by atoms with E-state index in [0.29, 0.717) is 18.6 Å². The van der Waals surface area contributed by atoms with Gasteiger partial charge in [0, 0.05) is 12.6 Å². The minimum absolute atomic E-state index is 0.122. The van der Waals surface area contributed by atoms with E-state index in [2.05, 4.69) is 10.5 Å².